The number of nitrogens with zero attached hydrogens (tertiary/aromatic N) is 1. The number of carbonyl (C=O) groups is 1. The average molecular weight is 328 g/mol. The van der Waals surface area contributed by atoms with Crippen molar-refractivity contribution in [2.75, 3.05) is 0 Å². The quantitative estimate of drug-likeness (QED) is 0.843. The second-order valence-electron chi connectivity index (χ2n) is 4.19. The van der Waals surface area contributed by atoms with E-state index >= 15 is 0 Å². The van der Waals surface area contributed by atoms with E-state index in [1.54, 1.807) is 11.3 Å². The minimum absolute atomic E-state index is 0. The van der Waals surface area contributed by atoms with E-state index in [0.717, 1.165) is 30.0 Å². The van der Waals surface area contributed by atoms with Gasteiger partial charge in [-0.3, -0.25) is 4.79 Å². The maximum Gasteiger partial charge on any atom is 0.237 e. The third-order valence-corrected chi connectivity index (χ3v) is 3.67. The number of amides is 1. The van der Waals surface area contributed by atoms with Gasteiger partial charge < -0.3 is 11.1 Å². The van der Waals surface area contributed by atoms with E-state index in [2.05, 4.69) is 10.3 Å². The molecule has 0 aliphatic heterocycles. The lowest BCUT2D eigenvalue weighted by Crippen LogP contribution is -2.42. The molecular formula is C12H23Cl2N3OS. The number of aromatic nitrogens is 1. The lowest BCUT2D eigenvalue weighted by atomic mass is 10.1. The molecule has 19 heavy (non-hydrogen) atoms. The Hall–Kier alpha value is -0.360. The van der Waals surface area contributed by atoms with Crippen molar-refractivity contribution in [2.45, 2.75) is 52.1 Å². The van der Waals surface area contributed by atoms with E-state index in [1.165, 1.54) is 0 Å². The first-order chi connectivity index (χ1) is 8.08. The summed E-state index contributed by atoms with van der Waals surface area (Å²) in [4.78, 5) is 16.2. The second-order valence-corrected chi connectivity index (χ2v) is 5.08. The molecule has 2 atom stereocenters. The molecule has 1 amide bonds. The van der Waals surface area contributed by atoms with Gasteiger partial charge in [-0.25, -0.2) is 4.98 Å². The molecule has 112 valence electrons. The van der Waals surface area contributed by atoms with Crippen molar-refractivity contribution in [3.63, 3.8) is 0 Å². The Labute approximate surface area is 131 Å². The van der Waals surface area contributed by atoms with Gasteiger partial charge in [0.25, 0.3) is 0 Å². The molecule has 3 N–H and O–H groups in total. The Bertz CT molecular complexity index is 374. The fraction of sp³-hybridized carbons (Fsp3) is 0.667. The van der Waals surface area contributed by atoms with Gasteiger partial charge >= 0.3 is 0 Å². The molecule has 1 aromatic heterocycles. The summed E-state index contributed by atoms with van der Waals surface area (Å²) in [5.74, 6) is -0.0773. The van der Waals surface area contributed by atoms with Gasteiger partial charge in [0.2, 0.25) is 5.91 Å². The molecule has 0 spiro atoms. The molecule has 1 aromatic rings. The molecular weight excluding hydrogens is 305 g/mol. The van der Waals surface area contributed by atoms with Gasteiger partial charge in [-0.05, 0) is 19.8 Å². The van der Waals surface area contributed by atoms with E-state index in [4.69, 9.17) is 5.73 Å². The van der Waals surface area contributed by atoms with Crippen molar-refractivity contribution in [1.82, 2.24) is 10.3 Å². The standard InChI is InChI=1S/C12H21N3OS.2ClH/c1-4-6-9(13)11(16)15-10(5-2)12-14-8(3)7-17-12;;/h7,9-10H,4-6,13H2,1-3H3,(H,15,16);2*1H. The minimum Gasteiger partial charge on any atom is -0.346 e. The number of hydrogen-bond acceptors (Lipinski definition) is 4. The zero-order valence-corrected chi connectivity index (χ0v) is 14.0. The van der Waals surface area contributed by atoms with Gasteiger partial charge in [-0.1, -0.05) is 20.3 Å². The summed E-state index contributed by atoms with van der Waals surface area (Å²) >= 11 is 1.58. The van der Waals surface area contributed by atoms with Crippen LogP contribution in [0.5, 0.6) is 0 Å². The van der Waals surface area contributed by atoms with Crippen molar-refractivity contribution in [2.24, 2.45) is 5.73 Å². The van der Waals surface area contributed by atoms with Crippen molar-refractivity contribution in [1.29, 1.82) is 0 Å². The highest BCUT2D eigenvalue weighted by atomic mass is 35.5. The molecule has 0 fully saturated rings. The van der Waals surface area contributed by atoms with Crippen LogP contribution in [-0.4, -0.2) is 16.9 Å². The minimum atomic E-state index is -0.407. The highest BCUT2D eigenvalue weighted by molar-refractivity contribution is 7.09. The van der Waals surface area contributed by atoms with Crippen molar-refractivity contribution >= 4 is 42.1 Å². The summed E-state index contributed by atoms with van der Waals surface area (Å²) in [6, 6.07) is -0.417. The fourth-order valence-corrected chi connectivity index (χ4v) is 2.52. The smallest absolute Gasteiger partial charge is 0.237 e. The van der Waals surface area contributed by atoms with Crippen LogP contribution in [0.3, 0.4) is 0 Å². The van der Waals surface area contributed by atoms with Gasteiger partial charge in [0.15, 0.2) is 0 Å². The Morgan fingerprint density at radius 1 is 1.47 bits per heavy atom. The SMILES string of the molecule is CCCC(N)C(=O)NC(CC)c1nc(C)cs1.Cl.Cl. The van der Waals surface area contributed by atoms with Crippen LogP contribution in [0.15, 0.2) is 5.38 Å². The van der Waals surface area contributed by atoms with E-state index < -0.39 is 6.04 Å². The first kappa shape index (κ1) is 20.9. The normalized spacial score (nSPS) is 12.8. The van der Waals surface area contributed by atoms with Crippen LogP contribution in [0, 0.1) is 6.92 Å². The third-order valence-electron chi connectivity index (χ3n) is 2.60. The summed E-state index contributed by atoms with van der Waals surface area (Å²) in [5, 5.41) is 5.92. The largest absolute Gasteiger partial charge is 0.346 e. The van der Waals surface area contributed by atoms with Gasteiger partial charge in [0.05, 0.1) is 12.1 Å². The van der Waals surface area contributed by atoms with Crippen molar-refractivity contribution in [3.05, 3.63) is 16.1 Å². The Balaban J connectivity index is 0. The zero-order valence-electron chi connectivity index (χ0n) is 11.5. The van der Waals surface area contributed by atoms with Gasteiger partial charge in [-0.2, -0.15) is 0 Å². The lowest BCUT2D eigenvalue weighted by molar-refractivity contribution is -0.123. The van der Waals surface area contributed by atoms with Crippen molar-refractivity contribution < 1.29 is 4.79 Å². The van der Waals surface area contributed by atoms with Crippen LogP contribution in [0.2, 0.25) is 0 Å². The molecule has 0 aliphatic carbocycles. The number of nitrogens with two attached hydrogens (primary N) is 1. The van der Waals surface area contributed by atoms with Gasteiger partial charge in [0.1, 0.15) is 5.01 Å². The highest BCUT2D eigenvalue weighted by Gasteiger charge is 2.19. The maximum atomic E-state index is 11.8. The van der Waals surface area contributed by atoms with Crippen molar-refractivity contribution in [3.8, 4) is 0 Å². The third kappa shape index (κ3) is 6.56. The number of hydrogen-bond donors (Lipinski definition) is 2. The van der Waals surface area contributed by atoms with Crippen LogP contribution < -0.4 is 11.1 Å². The van der Waals surface area contributed by atoms with Gasteiger partial charge in [0, 0.05) is 11.1 Å². The predicted octanol–water partition coefficient (Wildman–Crippen LogP) is 2.99. The number of thiazole rings is 1. The molecule has 2 unspecified atom stereocenters. The highest BCUT2D eigenvalue weighted by Crippen LogP contribution is 2.20. The molecule has 0 aliphatic rings. The van der Waals surface area contributed by atoms with Crippen LogP contribution in [0.25, 0.3) is 0 Å². The molecule has 1 rings (SSSR count). The summed E-state index contributed by atoms with van der Waals surface area (Å²) in [6.45, 7) is 6.01. The molecule has 7 heteroatoms. The zero-order chi connectivity index (χ0) is 12.8. The first-order valence-corrected chi connectivity index (χ1v) is 6.94. The predicted molar refractivity (Wildman–Crippen MR) is 85.4 cm³/mol. The molecule has 0 saturated carbocycles. The monoisotopic (exact) mass is 327 g/mol. The Kier molecular flexibility index (Phi) is 11.5. The number of rotatable bonds is 6. The first-order valence-electron chi connectivity index (χ1n) is 6.06. The van der Waals surface area contributed by atoms with E-state index in [0.29, 0.717) is 0 Å². The summed E-state index contributed by atoms with van der Waals surface area (Å²) < 4.78 is 0. The topological polar surface area (TPSA) is 68.0 Å². The number of halogens is 2. The Morgan fingerprint density at radius 3 is 2.53 bits per heavy atom. The number of carbonyl (C=O) groups excluding carboxylic acids is 1. The summed E-state index contributed by atoms with van der Waals surface area (Å²) in [7, 11) is 0. The lowest BCUT2D eigenvalue weighted by Gasteiger charge is -2.17. The molecule has 1 heterocycles. The van der Waals surface area contributed by atoms with E-state index in [-0.39, 0.29) is 36.8 Å². The fourth-order valence-electron chi connectivity index (χ4n) is 1.59. The number of nitrogens with one attached hydrogen (secondary N) is 1. The molecule has 0 aromatic carbocycles. The number of aryl methyl sites for hydroxylation is 1. The van der Waals surface area contributed by atoms with Crippen LogP contribution in [0.4, 0.5) is 0 Å². The maximum absolute atomic E-state index is 11.8. The summed E-state index contributed by atoms with van der Waals surface area (Å²) in [5.41, 5.74) is 6.78. The average Bonchev–Trinajstić information content (AvgIpc) is 2.72. The van der Waals surface area contributed by atoms with Gasteiger partial charge in [-0.15, -0.1) is 36.2 Å². The molecule has 0 radical (unpaired) electrons. The summed E-state index contributed by atoms with van der Waals surface area (Å²) in [6.07, 6.45) is 2.47. The molecule has 0 bridgehead atoms. The molecule has 4 nitrogen and oxygen atoms in total. The van der Waals surface area contributed by atoms with E-state index in [9.17, 15) is 4.79 Å². The van der Waals surface area contributed by atoms with E-state index in [1.807, 2.05) is 26.2 Å². The van der Waals surface area contributed by atoms with Crippen LogP contribution in [0.1, 0.15) is 49.9 Å². The van der Waals surface area contributed by atoms with Crippen LogP contribution in [-0.2, 0) is 4.79 Å². The Morgan fingerprint density at radius 2 is 2.11 bits per heavy atom. The molecule has 0 saturated heterocycles. The second kappa shape index (κ2) is 10.4. The van der Waals surface area contributed by atoms with Crippen LogP contribution >= 0.6 is 36.2 Å².